The van der Waals surface area contributed by atoms with Gasteiger partial charge in [-0.2, -0.15) is 12.1 Å². The Balaban J connectivity index is -0.000000489. The molecule has 0 heterocycles. The number of fused-ring (bicyclic) bond motifs is 1. The summed E-state index contributed by atoms with van der Waals surface area (Å²) in [5.74, 6) is 0. The van der Waals surface area contributed by atoms with Crippen molar-refractivity contribution in [1.29, 1.82) is 0 Å². The topological polar surface area (TPSA) is 32.3 Å². The number of anilines is 1. The summed E-state index contributed by atoms with van der Waals surface area (Å²) in [6, 6.07) is 15.0. The van der Waals surface area contributed by atoms with Crippen LogP contribution in [0.15, 0.2) is 36.4 Å². The first-order chi connectivity index (χ1) is 7.75. The zero-order valence-corrected chi connectivity index (χ0v) is 17.7. The molecule has 19 heavy (non-hydrogen) atoms. The second kappa shape index (κ2) is 13.3. The van der Waals surface area contributed by atoms with Gasteiger partial charge in [0.05, 0.1) is 0 Å². The van der Waals surface area contributed by atoms with Gasteiger partial charge in [0.15, 0.2) is 0 Å². The Kier molecular flexibility index (Phi) is 17.0. The van der Waals surface area contributed by atoms with Crippen LogP contribution in [0.1, 0.15) is 13.8 Å². The Bertz CT molecular complexity index is 454. The average molecular weight is 502 g/mol. The van der Waals surface area contributed by atoms with E-state index in [4.69, 9.17) is 5.02 Å². The molecule has 0 unspecified atom stereocenters. The van der Waals surface area contributed by atoms with Crippen molar-refractivity contribution in [2.45, 2.75) is 20.7 Å². The Hall–Kier alpha value is 0.317. The first kappa shape index (κ1) is 24.3. The molecule has 1 radical (unpaired) electrons. The van der Waals surface area contributed by atoms with Crippen LogP contribution in [0.5, 0.6) is 0 Å². The van der Waals surface area contributed by atoms with E-state index in [-0.39, 0.29) is 61.2 Å². The third-order valence-corrected chi connectivity index (χ3v) is 2.04. The van der Waals surface area contributed by atoms with Gasteiger partial charge in [-0.25, -0.2) is 0 Å². The van der Waals surface area contributed by atoms with Gasteiger partial charge in [0.1, 0.15) is 0 Å². The van der Waals surface area contributed by atoms with Gasteiger partial charge in [-0.3, -0.25) is 0 Å². The zero-order chi connectivity index (χ0) is 12.0. The summed E-state index contributed by atoms with van der Waals surface area (Å²) in [6.07, 6.45) is 0. The van der Waals surface area contributed by atoms with Gasteiger partial charge in [0.25, 0.3) is 0 Å². The molecule has 0 saturated carbocycles. The molecular formula is C14H20BNOWY-2. The van der Waals surface area contributed by atoms with Crippen molar-refractivity contribution in [2.24, 2.45) is 0 Å². The Morgan fingerprint density at radius 1 is 1.16 bits per heavy atom. The van der Waals surface area contributed by atoms with Crippen LogP contribution in [-0.4, -0.2) is 12.1 Å². The molecule has 2 N–H and O–H groups in total. The fourth-order valence-corrected chi connectivity index (χ4v) is 1.43. The maximum atomic E-state index is 9.15. The second-order valence-corrected chi connectivity index (χ2v) is 3.30. The molecule has 2 rings (SSSR count). The molecule has 0 fully saturated rings. The molecule has 0 aliphatic rings. The van der Waals surface area contributed by atoms with Gasteiger partial charge < -0.3 is 17.7 Å². The smallest absolute Gasteiger partial charge is 0.405 e. The maximum absolute atomic E-state index is 9.15. The van der Waals surface area contributed by atoms with Crippen LogP contribution in [-0.2, 0) is 53.8 Å². The van der Waals surface area contributed by atoms with Gasteiger partial charge in [0, 0.05) is 53.8 Å². The van der Waals surface area contributed by atoms with Crippen molar-refractivity contribution in [1.82, 2.24) is 0 Å². The molecule has 0 bridgehead atoms. The minimum Gasteiger partial charge on any atom is -0.433 e. The molecule has 101 valence electrons. The molecule has 0 aromatic heterocycles. The number of hydrogen-bond donors (Lipinski definition) is 2. The second-order valence-electron chi connectivity index (χ2n) is 3.30. The molecule has 5 heteroatoms. The number of benzene rings is 2. The Labute approximate surface area is 157 Å². The minimum absolute atomic E-state index is 0. The summed E-state index contributed by atoms with van der Waals surface area (Å²) in [5, 5.41) is 14.3. The largest absolute Gasteiger partial charge is 0.433 e. The summed E-state index contributed by atoms with van der Waals surface area (Å²) in [7, 11) is -0.549. The van der Waals surface area contributed by atoms with E-state index in [0.717, 1.165) is 16.5 Å². The van der Waals surface area contributed by atoms with Crippen LogP contribution in [0.2, 0.25) is 6.82 Å². The number of nitrogens with one attached hydrogen (secondary N) is 1. The van der Waals surface area contributed by atoms with E-state index in [1.54, 1.807) is 6.82 Å². The van der Waals surface area contributed by atoms with Crippen molar-refractivity contribution in [3.05, 3.63) is 49.9 Å². The van der Waals surface area contributed by atoms with Crippen LogP contribution in [0.25, 0.3) is 10.8 Å². The van der Waals surface area contributed by atoms with E-state index >= 15 is 0 Å². The number of rotatable bonds is 2. The van der Waals surface area contributed by atoms with Gasteiger partial charge in [0.2, 0.25) is 0 Å². The van der Waals surface area contributed by atoms with Gasteiger partial charge >= 0.3 is 7.05 Å². The third-order valence-electron chi connectivity index (χ3n) is 2.04. The van der Waals surface area contributed by atoms with Crippen LogP contribution >= 0.6 is 0 Å². The molecule has 2 aromatic carbocycles. The summed E-state index contributed by atoms with van der Waals surface area (Å²) < 4.78 is 0. The first-order valence-corrected chi connectivity index (χ1v) is 5.61. The fourth-order valence-electron chi connectivity index (χ4n) is 1.43. The Morgan fingerprint density at radius 2 is 1.68 bits per heavy atom. The zero-order valence-electron chi connectivity index (χ0n) is 12.0. The van der Waals surface area contributed by atoms with Crippen molar-refractivity contribution < 1.29 is 58.8 Å². The molecule has 0 saturated heterocycles. The number of hydrogen-bond acceptors (Lipinski definition) is 2. The molecule has 0 amide bonds. The predicted octanol–water partition coefficient (Wildman–Crippen LogP) is 3.63. The Morgan fingerprint density at radius 3 is 2.21 bits per heavy atom. The molecule has 2 aromatic rings. The molecule has 0 aliphatic heterocycles. The van der Waals surface area contributed by atoms with Crippen molar-refractivity contribution in [3.8, 4) is 0 Å². The quantitative estimate of drug-likeness (QED) is 0.487. The summed E-state index contributed by atoms with van der Waals surface area (Å²) >= 11 is 0. The molecule has 0 atom stereocenters. The first-order valence-electron chi connectivity index (χ1n) is 5.61. The molecular weight excluding hydrogens is 482 g/mol. The fraction of sp³-hybridized carbons (Fsp3) is 0.214. The third kappa shape index (κ3) is 8.25. The van der Waals surface area contributed by atoms with E-state index in [2.05, 4.69) is 11.3 Å². The van der Waals surface area contributed by atoms with E-state index in [1.165, 1.54) is 0 Å². The summed E-state index contributed by atoms with van der Waals surface area (Å²) in [5.41, 5.74) is 0.818. The molecule has 0 spiro atoms. The van der Waals surface area contributed by atoms with Crippen molar-refractivity contribution in [3.63, 3.8) is 0 Å². The van der Waals surface area contributed by atoms with Gasteiger partial charge in [-0.05, 0) is 6.82 Å². The minimum atomic E-state index is -0.549. The average Bonchev–Trinajstić information content (AvgIpc) is 2.31. The monoisotopic (exact) mass is 502 g/mol. The van der Waals surface area contributed by atoms with Crippen LogP contribution in [0, 0.1) is 13.5 Å². The van der Waals surface area contributed by atoms with E-state index in [9.17, 15) is 0 Å². The van der Waals surface area contributed by atoms with Gasteiger partial charge in [-0.1, -0.05) is 37.7 Å². The van der Waals surface area contributed by atoms with Crippen LogP contribution < -0.4 is 5.23 Å². The van der Waals surface area contributed by atoms with Gasteiger partial charge in [-0.15, -0.1) is 22.9 Å². The maximum Gasteiger partial charge on any atom is 0.405 e. The normalized spacial score (nSPS) is 7.79. The van der Waals surface area contributed by atoms with E-state index < -0.39 is 7.05 Å². The van der Waals surface area contributed by atoms with Crippen molar-refractivity contribution >= 4 is 23.5 Å². The summed E-state index contributed by atoms with van der Waals surface area (Å²) in [4.78, 5) is 0. The predicted molar refractivity (Wildman–Crippen MR) is 78.0 cm³/mol. The van der Waals surface area contributed by atoms with E-state index in [1.807, 2.05) is 50.2 Å². The SMILES string of the molecule is CB(O)Nc1[c-]cc2ccccc2c1.CC.[CH3-].[W].[Y]. The summed E-state index contributed by atoms with van der Waals surface area (Å²) in [6.45, 7) is 5.68. The van der Waals surface area contributed by atoms with Crippen molar-refractivity contribution in [2.75, 3.05) is 5.23 Å². The molecule has 0 aliphatic carbocycles. The standard InChI is InChI=1S/C11H11BNO.C2H6.CH3.W.Y/c1-12(14)13-11-7-6-9-4-2-3-5-10(9)8-11;1-2;;;/h2-6,8,13-14H,1H3;1-2H3;1H3;;/q-1;;-1;;. The van der Waals surface area contributed by atoms with Crippen LogP contribution in [0.3, 0.4) is 0 Å². The molecule has 2 nitrogen and oxygen atoms in total. The van der Waals surface area contributed by atoms with E-state index in [0.29, 0.717) is 0 Å². The van der Waals surface area contributed by atoms with Crippen LogP contribution in [0.4, 0.5) is 5.69 Å².